The predicted molar refractivity (Wildman–Crippen MR) is 91.4 cm³/mol. The lowest BCUT2D eigenvalue weighted by atomic mass is 10.1. The molecule has 1 aliphatic rings. The van der Waals surface area contributed by atoms with Crippen molar-refractivity contribution in [3.63, 3.8) is 0 Å². The SMILES string of the molecule is CCCc1cc(C(=O)N2CCOCC2c2nc(C)cc(NC)n2)no1. The predicted octanol–water partition coefficient (Wildman–Crippen LogP) is 1.98. The molecule has 8 nitrogen and oxygen atoms in total. The lowest BCUT2D eigenvalue weighted by molar-refractivity contribution is -0.00572. The first-order valence-corrected chi connectivity index (χ1v) is 8.50. The highest BCUT2D eigenvalue weighted by Gasteiger charge is 2.33. The molecule has 0 bridgehead atoms. The quantitative estimate of drug-likeness (QED) is 0.885. The van der Waals surface area contributed by atoms with Crippen LogP contribution in [0.15, 0.2) is 16.7 Å². The van der Waals surface area contributed by atoms with E-state index in [-0.39, 0.29) is 11.9 Å². The minimum Gasteiger partial charge on any atom is -0.377 e. The first-order valence-electron chi connectivity index (χ1n) is 8.50. The molecule has 1 saturated heterocycles. The topological polar surface area (TPSA) is 93.4 Å². The highest BCUT2D eigenvalue weighted by atomic mass is 16.5. The Kier molecular flexibility index (Phi) is 5.28. The number of rotatable bonds is 5. The normalized spacial score (nSPS) is 17.6. The Morgan fingerprint density at radius 1 is 1.40 bits per heavy atom. The Bertz CT molecular complexity index is 746. The number of nitrogens with one attached hydrogen (secondary N) is 1. The monoisotopic (exact) mass is 345 g/mol. The number of morpholine rings is 1. The molecule has 1 atom stereocenters. The number of carbonyl (C=O) groups excluding carboxylic acids is 1. The number of hydrogen-bond acceptors (Lipinski definition) is 7. The molecule has 1 N–H and O–H groups in total. The molecule has 134 valence electrons. The van der Waals surface area contributed by atoms with Gasteiger partial charge in [-0.3, -0.25) is 4.79 Å². The molecule has 0 spiro atoms. The van der Waals surface area contributed by atoms with Crippen molar-refractivity contribution >= 4 is 11.7 Å². The summed E-state index contributed by atoms with van der Waals surface area (Å²) >= 11 is 0. The molecule has 0 aliphatic carbocycles. The van der Waals surface area contributed by atoms with Crippen LogP contribution in [0.2, 0.25) is 0 Å². The third kappa shape index (κ3) is 3.79. The molecule has 0 aromatic carbocycles. The fourth-order valence-corrected chi connectivity index (χ4v) is 2.85. The van der Waals surface area contributed by atoms with Crippen molar-refractivity contribution in [1.29, 1.82) is 0 Å². The second-order valence-electron chi connectivity index (χ2n) is 6.02. The van der Waals surface area contributed by atoms with Crippen LogP contribution in [0.5, 0.6) is 0 Å². The Morgan fingerprint density at radius 3 is 3.00 bits per heavy atom. The zero-order chi connectivity index (χ0) is 17.8. The van der Waals surface area contributed by atoms with E-state index in [1.54, 1.807) is 18.0 Å². The lowest BCUT2D eigenvalue weighted by Crippen LogP contribution is -2.44. The zero-order valence-electron chi connectivity index (χ0n) is 14.8. The summed E-state index contributed by atoms with van der Waals surface area (Å²) in [4.78, 5) is 23.6. The van der Waals surface area contributed by atoms with Gasteiger partial charge in [-0.1, -0.05) is 12.1 Å². The summed E-state index contributed by atoms with van der Waals surface area (Å²) in [6.45, 7) is 5.25. The molecule has 2 aromatic heterocycles. The third-order valence-electron chi connectivity index (χ3n) is 4.09. The van der Waals surface area contributed by atoms with E-state index in [2.05, 4.69) is 27.4 Å². The van der Waals surface area contributed by atoms with Gasteiger partial charge in [0.25, 0.3) is 5.91 Å². The largest absolute Gasteiger partial charge is 0.377 e. The number of hydrogen-bond donors (Lipinski definition) is 1. The average molecular weight is 345 g/mol. The maximum absolute atomic E-state index is 12.9. The van der Waals surface area contributed by atoms with Gasteiger partial charge in [0.05, 0.1) is 13.2 Å². The number of aromatic nitrogens is 3. The lowest BCUT2D eigenvalue weighted by Gasteiger charge is -2.34. The van der Waals surface area contributed by atoms with Crippen LogP contribution in [0.4, 0.5) is 5.82 Å². The summed E-state index contributed by atoms with van der Waals surface area (Å²) in [5.74, 6) is 1.82. The minimum absolute atomic E-state index is 0.185. The van der Waals surface area contributed by atoms with E-state index in [1.165, 1.54) is 0 Å². The Balaban J connectivity index is 1.87. The molecule has 25 heavy (non-hydrogen) atoms. The van der Waals surface area contributed by atoms with Crippen LogP contribution >= 0.6 is 0 Å². The molecule has 8 heteroatoms. The molecule has 1 aliphatic heterocycles. The third-order valence-corrected chi connectivity index (χ3v) is 4.09. The van der Waals surface area contributed by atoms with E-state index in [0.29, 0.717) is 37.1 Å². The van der Waals surface area contributed by atoms with Crippen molar-refractivity contribution in [2.24, 2.45) is 0 Å². The highest BCUT2D eigenvalue weighted by molar-refractivity contribution is 5.92. The summed E-state index contributed by atoms with van der Waals surface area (Å²) in [5.41, 5.74) is 1.15. The number of aryl methyl sites for hydroxylation is 2. The van der Waals surface area contributed by atoms with Crippen molar-refractivity contribution in [3.05, 3.63) is 35.1 Å². The van der Waals surface area contributed by atoms with Crippen LogP contribution in [-0.2, 0) is 11.2 Å². The maximum Gasteiger partial charge on any atom is 0.276 e. The summed E-state index contributed by atoms with van der Waals surface area (Å²) in [7, 11) is 1.80. The van der Waals surface area contributed by atoms with E-state index in [4.69, 9.17) is 9.26 Å². The van der Waals surface area contributed by atoms with E-state index >= 15 is 0 Å². The van der Waals surface area contributed by atoms with Gasteiger partial charge >= 0.3 is 0 Å². The molecule has 1 amide bonds. The van der Waals surface area contributed by atoms with Gasteiger partial charge in [0, 0.05) is 37.8 Å². The van der Waals surface area contributed by atoms with Crippen LogP contribution in [0.1, 0.15) is 47.2 Å². The number of anilines is 1. The number of carbonyl (C=O) groups is 1. The number of amides is 1. The van der Waals surface area contributed by atoms with Crippen LogP contribution in [0.25, 0.3) is 0 Å². The van der Waals surface area contributed by atoms with E-state index in [9.17, 15) is 4.79 Å². The van der Waals surface area contributed by atoms with E-state index < -0.39 is 0 Å². The summed E-state index contributed by atoms with van der Waals surface area (Å²) in [5, 5.41) is 6.95. The maximum atomic E-state index is 12.9. The van der Waals surface area contributed by atoms with Gasteiger partial charge in [0.2, 0.25) is 0 Å². The molecule has 3 heterocycles. The first kappa shape index (κ1) is 17.3. The fourth-order valence-electron chi connectivity index (χ4n) is 2.85. The molecule has 3 rings (SSSR count). The molecular weight excluding hydrogens is 322 g/mol. The summed E-state index contributed by atoms with van der Waals surface area (Å²) < 4.78 is 10.8. The van der Waals surface area contributed by atoms with Crippen molar-refractivity contribution < 1.29 is 14.1 Å². The second-order valence-corrected chi connectivity index (χ2v) is 6.02. The second kappa shape index (κ2) is 7.60. The molecule has 1 unspecified atom stereocenters. The van der Waals surface area contributed by atoms with Gasteiger partial charge in [0.15, 0.2) is 11.5 Å². The molecular formula is C17H23N5O3. The van der Waals surface area contributed by atoms with Gasteiger partial charge in [0.1, 0.15) is 17.6 Å². The molecule has 0 saturated carbocycles. The number of ether oxygens (including phenoxy) is 1. The zero-order valence-corrected chi connectivity index (χ0v) is 14.8. The number of nitrogens with zero attached hydrogens (tertiary/aromatic N) is 4. The molecule has 1 fully saturated rings. The molecule has 2 aromatic rings. The fraction of sp³-hybridized carbons (Fsp3) is 0.529. The van der Waals surface area contributed by atoms with Crippen molar-refractivity contribution in [2.45, 2.75) is 32.7 Å². The highest BCUT2D eigenvalue weighted by Crippen LogP contribution is 2.25. The Morgan fingerprint density at radius 2 is 2.24 bits per heavy atom. The standard InChI is InChI=1S/C17H23N5O3/c1-4-5-12-9-13(21-25-12)17(23)22-6-7-24-10-14(22)16-19-11(2)8-15(18-3)20-16/h8-9,14H,4-7,10H2,1-3H3,(H,18,19,20). The van der Waals surface area contributed by atoms with Gasteiger partial charge < -0.3 is 19.5 Å². The van der Waals surface area contributed by atoms with Crippen LogP contribution in [0.3, 0.4) is 0 Å². The van der Waals surface area contributed by atoms with Crippen LogP contribution in [-0.4, -0.2) is 52.7 Å². The van der Waals surface area contributed by atoms with Crippen molar-refractivity contribution in [3.8, 4) is 0 Å². The summed E-state index contributed by atoms with van der Waals surface area (Å²) in [6, 6.07) is 3.22. The van der Waals surface area contributed by atoms with Gasteiger partial charge in [-0.05, 0) is 13.3 Å². The van der Waals surface area contributed by atoms with Gasteiger partial charge in [-0.25, -0.2) is 9.97 Å². The Labute approximate surface area is 146 Å². The van der Waals surface area contributed by atoms with Crippen LogP contribution in [0, 0.1) is 6.92 Å². The first-order chi connectivity index (χ1) is 12.1. The van der Waals surface area contributed by atoms with E-state index in [1.807, 2.05) is 13.0 Å². The van der Waals surface area contributed by atoms with Gasteiger partial charge in [-0.2, -0.15) is 0 Å². The molecule has 0 radical (unpaired) electrons. The smallest absolute Gasteiger partial charge is 0.276 e. The van der Waals surface area contributed by atoms with Gasteiger partial charge in [-0.15, -0.1) is 0 Å². The van der Waals surface area contributed by atoms with Crippen molar-refractivity contribution in [1.82, 2.24) is 20.0 Å². The Hall–Kier alpha value is -2.48. The van der Waals surface area contributed by atoms with Crippen LogP contribution < -0.4 is 5.32 Å². The van der Waals surface area contributed by atoms with Crippen molar-refractivity contribution in [2.75, 3.05) is 32.1 Å². The minimum atomic E-state index is -0.348. The summed E-state index contributed by atoms with van der Waals surface area (Å²) in [6.07, 6.45) is 1.70. The average Bonchev–Trinajstić information content (AvgIpc) is 3.09. The van der Waals surface area contributed by atoms with E-state index in [0.717, 1.165) is 24.3 Å².